The molecular weight excluding hydrogens is 613 g/mol. The SMILES string of the molecule is Cc1ccc(C2C3(SC(c4ccccc4)=NN3c3ccccc3)C(=O)N3CCCN4C(c5ccccc5)=NN(c5ccccc5)C234)cc1. The van der Waals surface area contributed by atoms with E-state index in [1.807, 2.05) is 65.7 Å². The van der Waals surface area contributed by atoms with Crippen LogP contribution in [0.3, 0.4) is 0 Å². The highest BCUT2D eigenvalue weighted by atomic mass is 32.2. The molecule has 48 heavy (non-hydrogen) atoms. The number of aryl methyl sites for hydroxylation is 1. The Balaban J connectivity index is 1.35. The molecule has 8 heteroatoms. The van der Waals surface area contributed by atoms with Crippen LogP contribution in [0, 0.1) is 6.92 Å². The van der Waals surface area contributed by atoms with E-state index in [9.17, 15) is 0 Å². The van der Waals surface area contributed by atoms with E-state index in [4.69, 9.17) is 10.2 Å². The van der Waals surface area contributed by atoms with Crippen LogP contribution in [0.1, 0.15) is 34.6 Å². The molecule has 0 saturated carbocycles. The Bertz CT molecular complexity index is 2040. The summed E-state index contributed by atoms with van der Waals surface area (Å²) in [5.41, 5.74) is 6.04. The molecule has 0 radical (unpaired) electrons. The minimum absolute atomic E-state index is 0.0340. The molecule has 7 nitrogen and oxygen atoms in total. The summed E-state index contributed by atoms with van der Waals surface area (Å²) in [7, 11) is 0. The lowest BCUT2D eigenvalue weighted by molar-refractivity contribution is -0.138. The Kier molecular flexibility index (Phi) is 6.69. The van der Waals surface area contributed by atoms with Crippen molar-refractivity contribution in [2.75, 3.05) is 23.1 Å². The topological polar surface area (TPSA) is 54.8 Å². The maximum Gasteiger partial charge on any atom is 0.265 e. The number of hydrazone groups is 2. The summed E-state index contributed by atoms with van der Waals surface area (Å²) in [4.78, 5) is 19.2. The number of amidine groups is 1. The van der Waals surface area contributed by atoms with Gasteiger partial charge in [0.15, 0.2) is 5.84 Å². The number of anilines is 2. The Morgan fingerprint density at radius 2 is 1.17 bits per heavy atom. The van der Waals surface area contributed by atoms with Gasteiger partial charge in [-0.2, -0.15) is 10.2 Å². The second-order valence-corrected chi connectivity index (χ2v) is 13.9. The molecule has 4 aliphatic heterocycles. The molecule has 2 saturated heterocycles. The first-order chi connectivity index (χ1) is 23.6. The van der Waals surface area contributed by atoms with E-state index in [2.05, 4.69) is 107 Å². The Labute approximate surface area is 284 Å². The molecule has 4 aliphatic rings. The number of carbonyl (C=O) groups is 1. The lowest BCUT2D eigenvalue weighted by Crippen LogP contribution is -2.70. The van der Waals surface area contributed by atoms with Crippen LogP contribution in [0.5, 0.6) is 0 Å². The molecule has 4 heterocycles. The van der Waals surface area contributed by atoms with Gasteiger partial charge < -0.3 is 4.90 Å². The first-order valence-corrected chi connectivity index (χ1v) is 17.3. The standard InChI is InChI=1S/C40H34N6OS/c1-29-23-25-30(26-24-29)35-39(45(33-19-10-4-11-20-33)42-37(48-39)32-17-8-3-9-18-32)38(47)44-28-14-27-43-36(31-15-6-2-7-16-31)41-46(40(35,43)44)34-21-12-5-13-22-34/h2-13,15-26,35H,14,27-28H2,1H3. The number of carbonyl (C=O) groups excluding carboxylic acids is 1. The molecule has 2 spiro atoms. The lowest BCUT2D eigenvalue weighted by Gasteiger charge is -2.53. The fourth-order valence-electron chi connectivity index (χ4n) is 7.87. The van der Waals surface area contributed by atoms with Crippen molar-refractivity contribution in [3.05, 3.63) is 168 Å². The second-order valence-electron chi connectivity index (χ2n) is 12.6. The third-order valence-corrected chi connectivity index (χ3v) is 11.3. The van der Waals surface area contributed by atoms with E-state index in [0.717, 1.165) is 51.9 Å². The monoisotopic (exact) mass is 646 g/mol. The second kappa shape index (κ2) is 11.1. The number of hydrogen-bond donors (Lipinski definition) is 0. The maximum absolute atomic E-state index is 15.8. The van der Waals surface area contributed by atoms with Gasteiger partial charge in [0.1, 0.15) is 5.04 Å². The number of amides is 1. The summed E-state index contributed by atoms with van der Waals surface area (Å²) in [6.07, 6.45) is 0.821. The molecule has 0 bridgehead atoms. The fraction of sp³-hybridized carbons (Fsp3) is 0.175. The van der Waals surface area contributed by atoms with Crippen LogP contribution in [0.25, 0.3) is 0 Å². The number of hydrogen-bond acceptors (Lipinski definition) is 7. The molecule has 9 rings (SSSR count). The van der Waals surface area contributed by atoms with Crippen molar-refractivity contribution in [2.24, 2.45) is 10.2 Å². The average molecular weight is 647 g/mol. The lowest BCUT2D eigenvalue weighted by atomic mass is 9.84. The molecular formula is C40H34N6OS. The first-order valence-electron chi connectivity index (χ1n) is 16.5. The zero-order chi connectivity index (χ0) is 32.3. The predicted octanol–water partition coefficient (Wildman–Crippen LogP) is 7.47. The molecule has 236 valence electrons. The fourth-order valence-corrected chi connectivity index (χ4v) is 9.39. The minimum Gasteiger partial charge on any atom is -0.312 e. The van der Waals surface area contributed by atoms with Gasteiger partial charge in [0, 0.05) is 24.2 Å². The Morgan fingerprint density at radius 3 is 1.79 bits per heavy atom. The highest BCUT2D eigenvalue weighted by Gasteiger charge is 2.78. The number of benzene rings is 5. The summed E-state index contributed by atoms with van der Waals surface area (Å²) >= 11 is 1.58. The zero-order valence-electron chi connectivity index (χ0n) is 26.6. The minimum atomic E-state index is -1.15. The van der Waals surface area contributed by atoms with Gasteiger partial charge in [-0.05, 0) is 43.2 Å². The molecule has 0 N–H and O–H groups in total. The first kappa shape index (κ1) is 28.8. The van der Waals surface area contributed by atoms with Crippen LogP contribution >= 0.6 is 11.8 Å². The summed E-state index contributed by atoms with van der Waals surface area (Å²) in [6, 6.07) is 49.8. The van der Waals surface area contributed by atoms with Crippen molar-refractivity contribution in [3.8, 4) is 0 Å². The number of nitrogens with zero attached hydrogens (tertiary/aromatic N) is 6. The summed E-state index contributed by atoms with van der Waals surface area (Å²) in [6.45, 7) is 3.46. The van der Waals surface area contributed by atoms with Gasteiger partial charge in [0.2, 0.25) is 10.7 Å². The normalized spacial score (nSPS) is 24.5. The van der Waals surface area contributed by atoms with Gasteiger partial charge >= 0.3 is 0 Å². The molecule has 5 aromatic rings. The summed E-state index contributed by atoms with van der Waals surface area (Å²) in [5.74, 6) is -0.506. The van der Waals surface area contributed by atoms with E-state index in [1.54, 1.807) is 11.8 Å². The van der Waals surface area contributed by atoms with Crippen molar-refractivity contribution < 1.29 is 4.79 Å². The van der Waals surface area contributed by atoms with Crippen LogP contribution in [-0.2, 0) is 4.79 Å². The third kappa shape index (κ3) is 4.05. The van der Waals surface area contributed by atoms with Crippen molar-refractivity contribution in [2.45, 2.75) is 29.9 Å². The highest BCUT2D eigenvalue weighted by Crippen LogP contribution is 2.64. The van der Waals surface area contributed by atoms with E-state index < -0.39 is 16.6 Å². The van der Waals surface area contributed by atoms with Gasteiger partial charge in [-0.15, -0.1) is 0 Å². The zero-order valence-corrected chi connectivity index (χ0v) is 27.4. The maximum atomic E-state index is 15.8. The van der Waals surface area contributed by atoms with Crippen LogP contribution in [0.2, 0.25) is 0 Å². The van der Waals surface area contributed by atoms with E-state index in [1.165, 1.54) is 5.56 Å². The van der Waals surface area contributed by atoms with Crippen molar-refractivity contribution >= 4 is 39.9 Å². The smallest absolute Gasteiger partial charge is 0.265 e. The molecule has 1 amide bonds. The number of para-hydroxylation sites is 2. The molecule has 3 atom stereocenters. The van der Waals surface area contributed by atoms with Crippen LogP contribution in [0.4, 0.5) is 11.4 Å². The van der Waals surface area contributed by atoms with Gasteiger partial charge in [0.25, 0.3) is 5.91 Å². The number of rotatable bonds is 5. The third-order valence-electron chi connectivity index (χ3n) is 9.87. The van der Waals surface area contributed by atoms with Gasteiger partial charge in [-0.3, -0.25) is 9.69 Å². The quantitative estimate of drug-likeness (QED) is 0.198. The summed E-state index contributed by atoms with van der Waals surface area (Å²) < 4.78 is 0. The van der Waals surface area contributed by atoms with Crippen LogP contribution in [-0.4, -0.2) is 50.3 Å². The Morgan fingerprint density at radius 1 is 0.625 bits per heavy atom. The van der Waals surface area contributed by atoms with E-state index >= 15 is 4.79 Å². The van der Waals surface area contributed by atoms with Crippen molar-refractivity contribution in [1.82, 2.24) is 9.80 Å². The molecule has 3 unspecified atom stereocenters. The molecule has 0 aromatic heterocycles. The Hall–Kier alpha value is -5.34. The van der Waals surface area contributed by atoms with Crippen molar-refractivity contribution in [3.63, 3.8) is 0 Å². The van der Waals surface area contributed by atoms with Crippen LogP contribution in [0.15, 0.2) is 156 Å². The van der Waals surface area contributed by atoms with Gasteiger partial charge in [-0.25, -0.2) is 10.0 Å². The molecule has 0 aliphatic carbocycles. The van der Waals surface area contributed by atoms with Gasteiger partial charge in [0.05, 0.1) is 17.3 Å². The van der Waals surface area contributed by atoms with E-state index in [0.29, 0.717) is 6.54 Å². The molecule has 2 fully saturated rings. The number of thioether (sulfide) groups is 1. The molecule has 5 aromatic carbocycles. The summed E-state index contributed by atoms with van der Waals surface area (Å²) in [5, 5.41) is 15.8. The van der Waals surface area contributed by atoms with Gasteiger partial charge in [-0.1, -0.05) is 139 Å². The van der Waals surface area contributed by atoms with Crippen LogP contribution < -0.4 is 10.0 Å². The predicted molar refractivity (Wildman–Crippen MR) is 194 cm³/mol. The average Bonchev–Trinajstić information content (AvgIpc) is 3.78. The highest BCUT2D eigenvalue weighted by molar-refractivity contribution is 8.16. The largest absolute Gasteiger partial charge is 0.312 e. The van der Waals surface area contributed by atoms with E-state index in [-0.39, 0.29) is 5.91 Å². The van der Waals surface area contributed by atoms with Crippen molar-refractivity contribution in [1.29, 1.82) is 0 Å².